The molecule has 0 radical (unpaired) electrons. The zero-order valence-corrected chi connectivity index (χ0v) is 9.87. The van der Waals surface area contributed by atoms with Gasteiger partial charge in [-0.1, -0.05) is 12.1 Å². The molecule has 0 N–H and O–H groups in total. The summed E-state index contributed by atoms with van der Waals surface area (Å²) in [5.41, 5.74) is 1.62. The van der Waals surface area contributed by atoms with Crippen LogP contribution in [0.1, 0.15) is 19.9 Å². The number of halogens is 2. The molecule has 1 heterocycles. The summed E-state index contributed by atoms with van der Waals surface area (Å²) in [5, 5.41) is 0.425. The van der Waals surface area contributed by atoms with Crippen LogP contribution in [-0.4, -0.2) is 9.55 Å². The fourth-order valence-electron chi connectivity index (χ4n) is 1.69. The number of rotatable bonds is 2. The number of hydrogen-bond donors (Lipinski definition) is 0. The Balaban J connectivity index is 2.56. The van der Waals surface area contributed by atoms with E-state index < -0.39 is 0 Å². The second-order valence-electron chi connectivity index (χ2n) is 3.89. The monoisotopic (exact) mass is 238 g/mol. The van der Waals surface area contributed by atoms with E-state index in [1.807, 2.05) is 24.5 Å². The van der Waals surface area contributed by atoms with E-state index in [0.29, 0.717) is 5.28 Å². The molecule has 0 atom stereocenters. The van der Waals surface area contributed by atoms with Gasteiger partial charge >= 0.3 is 0 Å². The summed E-state index contributed by atoms with van der Waals surface area (Å²) in [4.78, 5) is 4.05. The van der Waals surface area contributed by atoms with Crippen molar-refractivity contribution in [2.24, 2.45) is 0 Å². The number of nitrogens with zero attached hydrogens (tertiary/aromatic N) is 2. The van der Waals surface area contributed by atoms with Gasteiger partial charge in [0, 0.05) is 11.6 Å². The molecule has 0 amide bonds. The van der Waals surface area contributed by atoms with Crippen molar-refractivity contribution in [2.45, 2.75) is 19.9 Å². The van der Waals surface area contributed by atoms with E-state index in [1.54, 1.807) is 12.3 Å². The highest BCUT2D eigenvalue weighted by molar-refractivity contribution is 6.28. The third-order valence-electron chi connectivity index (χ3n) is 2.39. The van der Waals surface area contributed by atoms with Crippen LogP contribution in [0.2, 0.25) is 5.28 Å². The maximum absolute atomic E-state index is 13.1. The van der Waals surface area contributed by atoms with Crippen molar-refractivity contribution in [3.05, 3.63) is 41.6 Å². The lowest BCUT2D eigenvalue weighted by Crippen LogP contribution is -2.02. The van der Waals surface area contributed by atoms with E-state index in [2.05, 4.69) is 4.98 Å². The first-order chi connectivity index (χ1) is 7.59. The highest BCUT2D eigenvalue weighted by Gasteiger charge is 2.12. The summed E-state index contributed by atoms with van der Waals surface area (Å²) < 4.78 is 15.0. The number of imidazole rings is 1. The second kappa shape index (κ2) is 4.26. The van der Waals surface area contributed by atoms with Gasteiger partial charge in [-0.25, -0.2) is 9.37 Å². The molecule has 2 aromatic rings. The summed E-state index contributed by atoms with van der Waals surface area (Å²) in [5.74, 6) is -0.259. The van der Waals surface area contributed by atoms with Crippen LogP contribution in [0, 0.1) is 5.82 Å². The first-order valence-electron chi connectivity index (χ1n) is 5.08. The SMILES string of the molecule is CC(C)n1c(-c2cccc(F)c2)cnc1Cl. The Bertz CT molecular complexity index is 505. The standard InChI is InChI=1S/C12H12ClFN2/c1-8(2)16-11(7-15-12(16)13)9-4-3-5-10(14)6-9/h3-8H,1-2H3. The maximum atomic E-state index is 13.1. The van der Waals surface area contributed by atoms with Gasteiger partial charge in [0.05, 0.1) is 11.9 Å². The normalized spacial score (nSPS) is 11.1. The van der Waals surface area contributed by atoms with Crippen molar-refractivity contribution in [2.75, 3.05) is 0 Å². The van der Waals surface area contributed by atoms with E-state index in [0.717, 1.165) is 11.3 Å². The quantitative estimate of drug-likeness (QED) is 0.775. The summed E-state index contributed by atoms with van der Waals surface area (Å²) in [6.45, 7) is 4.02. The maximum Gasteiger partial charge on any atom is 0.203 e. The van der Waals surface area contributed by atoms with Crippen molar-refractivity contribution in [3.63, 3.8) is 0 Å². The second-order valence-corrected chi connectivity index (χ2v) is 4.22. The molecule has 0 unspecified atom stereocenters. The average molecular weight is 239 g/mol. The molecular formula is C12H12ClFN2. The van der Waals surface area contributed by atoms with Crippen LogP contribution in [0.15, 0.2) is 30.5 Å². The topological polar surface area (TPSA) is 17.8 Å². The minimum Gasteiger partial charge on any atom is -0.312 e. The van der Waals surface area contributed by atoms with E-state index in [-0.39, 0.29) is 11.9 Å². The minimum atomic E-state index is -0.259. The van der Waals surface area contributed by atoms with Gasteiger partial charge in [0.2, 0.25) is 5.28 Å². The molecule has 1 aromatic carbocycles. The lowest BCUT2D eigenvalue weighted by atomic mass is 10.1. The molecule has 0 spiro atoms. The van der Waals surface area contributed by atoms with Gasteiger partial charge < -0.3 is 4.57 Å². The lowest BCUT2D eigenvalue weighted by Gasteiger charge is -2.13. The van der Waals surface area contributed by atoms with E-state index in [1.165, 1.54) is 12.1 Å². The van der Waals surface area contributed by atoms with Crippen LogP contribution in [0.5, 0.6) is 0 Å². The molecule has 0 fully saturated rings. The van der Waals surface area contributed by atoms with E-state index in [9.17, 15) is 4.39 Å². The largest absolute Gasteiger partial charge is 0.312 e. The van der Waals surface area contributed by atoms with Crippen LogP contribution in [0.3, 0.4) is 0 Å². The van der Waals surface area contributed by atoms with Gasteiger partial charge in [0.15, 0.2) is 0 Å². The molecule has 2 nitrogen and oxygen atoms in total. The zero-order valence-electron chi connectivity index (χ0n) is 9.11. The van der Waals surface area contributed by atoms with Crippen molar-refractivity contribution in [1.29, 1.82) is 0 Å². The van der Waals surface area contributed by atoms with Crippen molar-refractivity contribution in [3.8, 4) is 11.3 Å². The Morgan fingerprint density at radius 3 is 2.75 bits per heavy atom. The first-order valence-corrected chi connectivity index (χ1v) is 5.46. The minimum absolute atomic E-state index is 0.188. The molecule has 4 heteroatoms. The molecule has 2 rings (SSSR count). The first kappa shape index (κ1) is 11.1. The predicted octanol–water partition coefficient (Wildman–Crippen LogP) is 3.92. The number of aromatic nitrogens is 2. The smallest absolute Gasteiger partial charge is 0.203 e. The zero-order chi connectivity index (χ0) is 11.7. The Morgan fingerprint density at radius 2 is 2.12 bits per heavy atom. The van der Waals surface area contributed by atoms with Gasteiger partial charge in [-0.2, -0.15) is 0 Å². The summed E-state index contributed by atoms with van der Waals surface area (Å²) in [6.07, 6.45) is 1.66. The van der Waals surface area contributed by atoms with Crippen LogP contribution in [-0.2, 0) is 0 Å². The van der Waals surface area contributed by atoms with Crippen molar-refractivity contribution >= 4 is 11.6 Å². The fourth-order valence-corrected chi connectivity index (χ4v) is 2.03. The average Bonchev–Trinajstić information content (AvgIpc) is 2.60. The van der Waals surface area contributed by atoms with Crippen molar-refractivity contribution in [1.82, 2.24) is 9.55 Å². The molecule has 0 bridgehead atoms. The summed E-state index contributed by atoms with van der Waals surface area (Å²) >= 11 is 5.99. The Morgan fingerprint density at radius 1 is 1.38 bits per heavy atom. The van der Waals surface area contributed by atoms with E-state index >= 15 is 0 Å². The van der Waals surface area contributed by atoms with Crippen LogP contribution < -0.4 is 0 Å². The third-order valence-corrected chi connectivity index (χ3v) is 2.67. The summed E-state index contributed by atoms with van der Waals surface area (Å²) in [6, 6.07) is 6.60. The Kier molecular flexibility index (Phi) is 2.97. The van der Waals surface area contributed by atoms with Crippen LogP contribution in [0.25, 0.3) is 11.3 Å². The molecule has 84 valence electrons. The lowest BCUT2D eigenvalue weighted by molar-refractivity contribution is 0.604. The van der Waals surface area contributed by atoms with Crippen LogP contribution >= 0.6 is 11.6 Å². The molecule has 0 aliphatic carbocycles. The molecule has 16 heavy (non-hydrogen) atoms. The highest BCUT2D eigenvalue weighted by atomic mass is 35.5. The molecule has 1 aromatic heterocycles. The highest BCUT2D eigenvalue weighted by Crippen LogP contribution is 2.27. The van der Waals surface area contributed by atoms with Gasteiger partial charge in [0.1, 0.15) is 5.82 Å². The Labute approximate surface area is 98.7 Å². The van der Waals surface area contributed by atoms with Gasteiger partial charge in [0.25, 0.3) is 0 Å². The Hall–Kier alpha value is -1.35. The van der Waals surface area contributed by atoms with Gasteiger partial charge in [-0.15, -0.1) is 0 Å². The number of benzene rings is 1. The van der Waals surface area contributed by atoms with E-state index in [4.69, 9.17) is 11.6 Å². The van der Waals surface area contributed by atoms with Gasteiger partial charge in [-0.3, -0.25) is 0 Å². The van der Waals surface area contributed by atoms with Gasteiger partial charge in [-0.05, 0) is 37.6 Å². The predicted molar refractivity (Wildman–Crippen MR) is 63.0 cm³/mol. The van der Waals surface area contributed by atoms with Crippen LogP contribution in [0.4, 0.5) is 4.39 Å². The summed E-state index contributed by atoms with van der Waals surface area (Å²) in [7, 11) is 0. The fraction of sp³-hybridized carbons (Fsp3) is 0.250. The molecule has 0 aliphatic rings. The molecule has 0 saturated carbocycles. The molecular weight excluding hydrogens is 227 g/mol. The van der Waals surface area contributed by atoms with Crippen molar-refractivity contribution < 1.29 is 4.39 Å². The number of hydrogen-bond acceptors (Lipinski definition) is 1. The molecule has 0 aliphatic heterocycles. The molecule has 0 saturated heterocycles. The third kappa shape index (κ3) is 1.95.